The lowest BCUT2D eigenvalue weighted by Gasteiger charge is -2.07. The molecule has 0 fully saturated rings. The number of nitro benzene ring substituents is 1. The summed E-state index contributed by atoms with van der Waals surface area (Å²) in [6.45, 7) is 0. The van der Waals surface area contributed by atoms with Gasteiger partial charge in [0.15, 0.2) is 10.9 Å². The summed E-state index contributed by atoms with van der Waals surface area (Å²) in [5.74, 6) is 0.211. The van der Waals surface area contributed by atoms with E-state index in [2.05, 4.69) is 9.97 Å². The minimum Gasteiger partial charge on any atom is -0.301 e. The van der Waals surface area contributed by atoms with Gasteiger partial charge < -0.3 is 4.98 Å². The number of H-pyrrole nitrogens is 1. The molecule has 0 aliphatic heterocycles. The van der Waals surface area contributed by atoms with Gasteiger partial charge >= 0.3 is 6.18 Å². The monoisotopic (exact) mass is 331 g/mol. The summed E-state index contributed by atoms with van der Waals surface area (Å²) in [5, 5.41) is 10.3. The molecule has 6 nitrogen and oxygen atoms in total. The molecule has 116 valence electrons. The van der Waals surface area contributed by atoms with E-state index < -0.39 is 22.4 Å². The second-order valence-electron chi connectivity index (χ2n) is 4.15. The standard InChI is InChI=1S/C12H8F3N3O3S/c13-12(14,15)9-5-10(19)17-11(16-9)22-6-7-1-3-8(4-2-7)18(20)21/h1-5H,6H2,(H,16,17,19). The van der Waals surface area contributed by atoms with Crippen LogP contribution in [0.1, 0.15) is 11.3 Å². The van der Waals surface area contributed by atoms with Crippen molar-refractivity contribution in [2.24, 2.45) is 0 Å². The van der Waals surface area contributed by atoms with Crippen LogP contribution >= 0.6 is 11.8 Å². The van der Waals surface area contributed by atoms with Crippen molar-refractivity contribution in [3.63, 3.8) is 0 Å². The maximum absolute atomic E-state index is 12.5. The summed E-state index contributed by atoms with van der Waals surface area (Å²) in [6, 6.07) is 5.93. The Labute approximate surface area is 125 Å². The Hall–Kier alpha value is -2.36. The number of aromatic amines is 1. The first-order chi connectivity index (χ1) is 10.3. The largest absolute Gasteiger partial charge is 0.433 e. The van der Waals surface area contributed by atoms with Crippen molar-refractivity contribution in [3.8, 4) is 0 Å². The number of nitrogens with one attached hydrogen (secondary N) is 1. The van der Waals surface area contributed by atoms with Gasteiger partial charge in [0, 0.05) is 24.0 Å². The van der Waals surface area contributed by atoms with E-state index >= 15 is 0 Å². The molecule has 0 spiro atoms. The number of rotatable bonds is 4. The molecule has 0 aliphatic rings. The zero-order valence-electron chi connectivity index (χ0n) is 10.8. The number of hydrogen-bond donors (Lipinski definition) is 1. The van der Waals surface area contributed by atoms with Crippen LogP contribution in [0.2, 0.25) is 0 Å². The third-order valence-electron chi connectivity index (χ3n) is 2.53. The number of hydrogen-bond acceptors (Lipinski definition) is 5. The molecule has 0 radical (unpaired) electrons. The summed E-state index contributed by atoms with van der Waals surface area (Å²) in [4.78, 5) is 26.7. The van der Waals surface area contributed by atoms with Crippen molar-refractivity contribution in [1.82, 2.24) is 9.97 Å². The Morgan fingerprint density at radius 3 is 2.45 bits per heavy atom. The fourth-order valence-electron chi connectivity index (χ4n) is 1.51. The molecule has 10 heteroatoms. The van der Waals surface area contributed by atoms with Gasteiger partial charge in [-0.15, -0.1) is 0 Å². The molecular weight excluding hydrogens is 323 g/mol. The highest BCUT2D eigenvalue weighted by Crippen LogP contribution is 2.28. The minimum atomic E-state index is -4.70. The number of non-ortho nitro benzene ring substituents is 1. The van der Waals surface area contributed by atoms with Crippen LogP contribution in [0.5, 0.6) is 0 Å². The van der Waals surface area contributed by atoms with E-state index in [9.17, 15) is 28.1 Å². The molecule has 22 heavy (non-hydrogen) atoms. The van der Waals surface area contributed by atoms with Crippen molar-refractivity contribution < 1.29 is 18.1 Å². The number of halogens is 3. The molecule has 0 unspecified atom stereocenters. The van der Waals surface area contributed by atoms with Crippen LogP contribution in [0.4, 0.5) is 18.9 Å². The van der Waals surface area contributed by atoms with E-state index in [1.165, 1.54) is 24.3 Å². The third kappa shape index (κ3) is 4.07. The number of benzene rings is 1. The van der Waals surface area contributed by atoms with Crippen molar-refractivity contribution in [3.05, 3.63) is 62.1 Å². The molecular formula is C12H8F3N3O3S. The van der Waals surface area contributed by atoms with Gasteiger partial charge in [-0.3, -0.25) is 14.9 Å². The first-order valence-electron chi connectivity index (χ1n) is 5.80. The van der Waals surface area contributed by atoms with E-state index in [-0.39, 0.29) is 16.6 Å². The molecule has 1 N–H and O–H groups in total. The van der Waals surface area contributed by atoms with Gasteiger partial charge in [0.1, 0.15) is 0 Å². The van der Waals surface area contributed by atoms with Crippen LogP contribution in [-0.2, 0) is 11.9 Å². The van der Waals surface area contributed by atoms with Gasteiger partial charge in [0.05, 0.1) is 4.92 Å². The SMILES string of the molecule is O=c1cc(C(F)(F)F)nc(SCc2ccc([N+](=O)[O-])cc2)[nH]1. The maximum atomic E-state index is 12.5. The summed E-state index contributed by atoms with van der Waals surface area (Å²) < 4.78 is 37.6. The predicted octanol–water partition coefficient (Wildman–Crippen LogP) is 2.99. The van der Waals surface area contributed by atoms with E-state index in [1.54, 1.807) is 0 Å². The number of nitro groups is 1. The fraction of sp³-hybridized carbons (Fsp3) is 0.167. The molecule has 2 rings (SSSR count). The summed E-state index contributed by atoms with van der Waals surface area (Å²) in [7, 11) is 0. The highest BCUT2D eigenvalue weighted by molar-refractivity contribution is 7.98. The topological polar surface area (TPSA) is 88.9 Å². The smallest absolute Gasteiger partial charge is 0.301 e. The summed E-state index contributed by atoms with van der Waals surface area (Å²) >= 11 is 0.896. The first kappa shape index (κ1) is 16.0. The Morgan fingerprint density at radius 1 is 1.27 bits per heavy atom. The lowest BCUT2D eigenvalue weighted by atomic mass is 10.2. The molecule has 0 saturated heterocycles. The van der Waals surface area contributed by atoms with Crippen molar-refractivity contribution in [2.45, 2.75) is 17.1 Å². The quantitative estimate of drug-likeness (QED) is 0.403. The van der Waals surface area contributed by atoms with Crippen LogP contribution in [0, 0.1) is 10.1 Å². The zero-order chi connectivity index (χ0) is 16.3. The van der Waals surface area contributed by atoms with Gasteiger partial charge in [-0.1, -0.05) is 23.9 Å². The van der Waals surface area contributed by atoms with Gasteiger partial charge in [0.2, 0.25) is 0 Å². The maximum Gasteiger partial charge on any atom is 0.433 e. The molecule has 1 aromatic heterocycles. The van der Waals surface area contributed by atoms with Crippen LogP contribution in [0.25, 0.3) is 0 Å². The molecule has 2 aromatic rings. The number of thioether (sulfide) groups is 1. The zero-order valence-corrected chi connectivity index (χ0v) is 11.6. The van der Waals surface area contributed by atoms with Gasteiger partial charge in [-0.2, -0.15) is 13.2 Å². The lowest BCUT2D eigenvalue weighted by Crippen LogP contribution is -2.16. The highest BCUT2D eigenvalue weighted by Gasteiger charge is 2.33. The van der Waals surface area contributed by atoms with E-state index in [0.29, 0.717) is 11.6 Å². The minimum absolute atomic E-state index is 0.0839. The highest BCUT2D eigenvalue weighted by atomic mass is 32.2. The second kappa shape index (κ2) is 6.18. The molecule has 0 saturated carbocycles. The van der Waals surface area contributed by atoms with Gasteiger partial charge in [-0.05, 0) is 5.56 Å². The normalized spacial score (nSPS) is 11.4. The summed E-state index contributed by atoms with van der Waals surface area (Å²) in [5.41, 5.74) is -1.59. The fourth-order valence-corrected chi connectivity index (χ4v) is 2.35. The summed E-state index contributed by atoms with van der Waals surface area (Å²) in [6.07, 6.45) is -4.70. The van der Waals surface area contributed by atoms with Crippen LogP contribution in [-0.4, -0.2) is 14.9 Å². The Bertz CT molecular complexity index is 744. The Kier molecular flexibility index (Phi) is 4.50. The predicted molar refractivity (Wildman–Crippen MR) is 72.5 cm³/mol. The molecule has 0 aliphatic carbocycles. The Morgan fingerprint density at radius 2 is 1.91 bits per heavy atom. The third-order valence-corrected chi connectivity index (χ3v) is 3.48. The van der Waals surface area contributed by atoms with Crippen LogP contribution < -0.4 is 5.56 Å². The molecule has 1 heterocycles. The molecule has 0 amide bonds. The number of alkyl halides is 3. The Balaban J connectivity index is 2.13. The first-order valence-corrected chi connectivity index (χ1v) is 6.79. The van der Waals surface area contributed by atoms with Crippen molar-refractivity contribution >= 4 is 17.4 Å². The van der Waals surface area contributed by atoms with E-state index in [0.717, 1.165) is 11.8 Å². The number of nitrogens with zero attached hydrogens (tertiary/aromatic N) is 2. The van der Waals surface area contributed by atoms with E-state index in [1.807, 2.05) is 0 Å². The lowest BCUT2D eigenvalue weighted by molar-refractivity contribution is -0.384. The average molecular weight is 331 g/mol. The van der Waals surface area contributed by atoms with Crippen LogP contribution in [0.15, 0.2) is 40.3 Å². The van der Waals surface area contributed by atoms with Crippen molar-refractivity contribution in [2.75, 3.05) is 0 Å². The molecule has 1 aromatic carbocycles. The number of aromatic nitrogens is 2. The second-order valence-corrected chi connectivity index (χ2v) is 5.11. The van der Waals surface area contributed by atoms with Crippen LogP contribution in [0.3, 0.4) is 0 Å². The van der Waals surface area contributed by atoms with Gasteiger partial charge in [-0.25, -0.2) is 4.98 Å². The average Bonchev–Trinajstić information content (AvgIpc) is 2.44. The molecule has 0 bridgehead atoms. The van der Waals surface area contributed by atoms with Crippen molar-refractivity contribution in [1.29, 1.82) is 0 Å². The van der Waals surface area contributed by atoms with Gasteiger partial charge in [0.25, 0.3) is 11.2 Å². The molecule has 0 atom stereocenters. The van der Waals surface area contributed by atoms with E-state index in [4.69, 9.17) is 0 Å².